The van der Waals surface area contributed by atoms with Crippen LogP contribution < -0.4 is 10.1 Å². The topological polar surface area (TPSA) is 64.4 Å². The Morgan fingerprint density at radius 2 is 1.88 bits per heavy atom. The average molecular weight is 340 g/mol. The zero-order chi connectivity index (χ0) is 17.5. The van der Waals surface area contributed by atoms with Crippen LogP contribution in [0.5, 0.6) is 5.75 Å². The largest absolute Gasteiger partial charge is 0.494 e. The van der Waals surface area contributed by atoms with Gasteiger partial charge in [-0.25, -0.2) is 4.39 Å². The first-order valence-electron chi connectivity index (χ1n) is 7.91. The van der Waals surface area contributed by atoms with Gasteiger partial charge in [0.05, 0.1) is 6.61 Å². The SMILES string of the molecule is O=C(NCCCOc1ccc(F)cc1)c1cc(-c2ccccc2)no1. The number of aromatic nitrogens is 1. The van der Waals surface area contributed by atoms with Gasteiger partial charge >= 0.3 is 0 Å². The minimum Gasteiger partial charge on any atom is -0.494 e. The van der Waals surface area contributed by atoms with Crippen LogP contribution in [0.4, 0.5) is 4.39 Å². The van der Waals surface area contributed by atoms with Crippen LogP contribution in [0, 0.1) is 5.82 Å². The van der Waals surface area contributed by atoms with Gasteiger partial charge in [-0.2, -0.15) is 0 Å². The van der Waals surface area contributed by atoms with Crippen LogP contribution >= 0.6 is 0 Å². The number of hydrogen-bond acceptors (Lipinski definition) is 4. The zero-order valence-electron chi connectivity index (χ0n) is 13.4. The first kappa shape index (κ1) is 16.7. The van der Waals surface area contributed by atoms with Crippen molar-refractivity contribution in [1.82, 2.24) is 10.5 Å². The van der Waals surface area contributed by atoms with E-state index in [0.29, 0.717) is 31.0 Å². The Kier molecular flexibility index (Phi) is 5.41. The molecule has 1 heterocycles. The molecule has 5 nitrogen and oxygen atoms in total. The third-order valence-electron chi connectivity index (χ3n) is 3.49. The van der Waals surface area contributed by atoms with Gasteiger partial charge in [0.2, 0.25) is 5.76 Å². The lowest BCUT2D eigenvalue weighted by Crippen LogP contribution is -2.25. The second kappa shape index (κ2) is 8.10. The maximum absolute atomic E-state index is 12.8. The summed E-state index contributed by atoms with van der Waals surface area (Å²) in [5.74, 6) is 0.131. The van der Waals surface area contributed by atoms with Gasteiger partial charge in [0.25, 0.3) is 5.91 Å². The molecule has 0 aliphatic rings. The monoisotopic (exact) mass is 340 g/mol. The van der Waals surface area contributed by atoms with E-state index in [-0.39, 0.29) is 17.5 Å². The van der Waals surface area contributed by atoms with E-state index in [1.54, 1.807) is 18.2 Å². The van der Waals surface area contributed by atoms with Crippen LogP contribution in [-0.4, -0.2) is 24.2 Å². The highest BCUT2D eigenvalue weighted by Gasteiger charge is 2.13. The lowest BCUT2D eigenvalue weighted by atomic mass is 10.1. The highest BCUT2D eigenvalue weighted by molar-refractivity contribution is 5.92. The summed E-state index contributed by atoms with van der Waals surface area (Å²) < 4.78 is 23.3. The van der Waals surface area contributed by atoms with Crippen LogP contribution in [-0.2, 0) is 0 Å². The maximum Gasteiger partial charge on any atom is 0.289 e. The van der Waals surface area contributed by atoms with Gasteiger partial charge < -0.3 is 14.6 Å². The lowest BCUT2D eigenvalue weighted by molar-refractivity contribution is 0.0914. The van der Waals surface area contributed by atoms with Crippen molar-refractivity contribution in [1.29, 1.82) is 0 Å². The molecule has 3 rings (SSSR count). The summed E-state index contributed by atoms with van der Waals surface area (Å²) in [6, 6.07) is 16.9. The third-order valence-corrected chi connectivity index (χ3v) is 3.49. The predicted octanol–water partition coefficient (Wildman–Crippen LogP) is 3.68. The van der Waals surface area contributed by atoms with Gasteiger partial charge in [-0.15, -0.1) is 0 Å². The first-order valence-corrected chi connectivity index (χ1v) is 7.91. The molecule has 0 saturated heterocycles. The number of nitrogens with zero attached hydrogens (tertiary/aromatic N) is 1. The summed E-state index contributed by atoms with van der Waals surface area (Å²) in [6.07, 6.45) is 0.614. The molecule has 1 amide bonds. The molecule has 6 heteroatoms. The van der Waals surface area contributed by atoms with Gasteiger partial charge in [-0.1, -0.05) is 35.5 Å². The van der Waals surface area contributed by atoms with Crippen molar-refractivity contribution in [2.75, 3.05) is 13.2 Å². The number of rotatable bonds is 7. The Morgan fingerprint density at radius 3 is 2.64 bits per heavy atom. The Balaban J connectivity index is 1.42. The van der Waals surface area contributed by atoms with E-state index < -0.39 is 0 Å². The summed E-state index contributed by atoms with van der Waals surface area (Å²) in [5.41, 5.74) is 1.50. The van der Waals surface area contributed by atoms with Gasteiger partial charge in [-0.05, 0) is 30.7 Å². The van der Waals surface area contributed by atoms with Crippen molar-refractivity contribution in [3.05, 3.63) is 72.2 Å². The Morgan fingerprint density at radius 1 is 1.12 bits per heavy atom. The number of carbonyl (C=O) groups is 1. The van der Waals surface area contributed by atoms with E-state index in [1.807, 2.05) is 30.3 Å². The number of carbonyl (C=O) groups excluding carboxylic acids is 1. The number of nitrogens with one attached hydrogen (secondary N) is 1. The minimum absolute atomic E-state index is 0.165. The molecular formula is C19H17FN2O3. The number of ether oxygens (including phenoxy) is 1. The van der Waals surface area contributed by atoms with Crippen molar-refractivity contribution in [2.24, 2.45) is 0 Å². The minimum atomic E-state index is -0.323. The van der Waals surface area contributed by atoms with Gasteiger partial charge in [0.15, 0.2) is 0 Å². The van der Waals surface area contributed by atoms with Crippen LogP contribution in [0.25, 0.3) is 11.3 Å². The summed E-state index contributed by atoms with van der Waals surface area (Å²) >= 11 is 0. The van der Waals surface area contributed by atoms with Gasteiger partial charge in [0.1, 0.15) is 17.3 Å². The average Bonchev–Trinajstić information content (AvgIpc) is 3.14. The Hall–Kier alpha value is -3.15. The first-order chi connectivity index (χ1) is 12.2. The molecule has 0 radical (unpaired) electrons. The zero-order valence-corrected chi connectivity index (χ0v) is 13.4. The highest BCUT2D eigenvalue weighted by Crippen LogP contribution is 2.18. The van der Waals surface area contributed by atoms with Gasteiger partial charge in [-0.3, -0.25) is 4.79 Å². The van der Waals surface area contributed by atoms with Crippen molar-refractivity contribution in [2.45, 2.75) is 6.42 Å². The molecule has 0 bridgehead atoms. The highest BCUT2D eigenvalue weighted by atomic mass is 19.1. The van der Waals surface area contributed by atoms with E-state index >= 15 is 0 Å². The number of amides is 1. The third kappa shape index (κ3) is 4.67. The summed E-state index contributed by atoms with van der Waals surface area (Å²) in [4.78, 5) is 12.0. The summed E-state index contributed by atoms with van der Waals surface area (Å²) in [6.45, 7) is 0.846. The Labute approximate surface area is 144 Å². The fraction of sp³-hybridized carbons (Fsp3) is 0.158. The summed E-state index contributed by atoms with van der Waals surface area (Å²) in [7, 11) is 0. The van der Waals surface area contributed by atoms with Crippen molar-refractivity contribution >= 4 is 5.91 Å². The van der Waals surface area contributed by atoms with Crippen LogP contribution in [0.15, 0.2) is 65.2 Å². The molecule has 3 aromatic rings. The lowest BCUT2D eigenvalue weighted by Gasteiger charge is -2.06. The molecular weight excluding hydrogens is 323 g/mol. The van der Waals surface area contributed by atoms with Crippen molar-refractivity contribution < 1.29 is 18.4 Å². The normalized spacial score (nSPS) is 10.4. The van der Waals surface area contributed by atoms with Crippen LogP contribution in [0.2, 0.25) is 0 Å². The molecule has 25 heavy (non-hydrogen) atoms. The quantitative estimate of drug-likeness (QED) is 0.667. The Bertz CT molecular complexity index is 816. The molecule has 128 valence electrons. The van der Waals surface area contributed by atoms with Crippen molar-refractivity contribution in [3.63, 3.8) is 0 Å². The second-order valence-electron chi connectivity index (χ2n) is 5.35. The second-order valence-corrected chi connectivity index (χ2v) is 5.35. The fourth-order valence-corrected chi connectivity index (χ4v) is 2.21. The van der Waals surface area contributed by atoms with E-state index in [4.69, 9.17) is 9.26 Å². The van der Waals surface area contributed by atoms with E-state index in [9.17, 15) is 9.18 Å². The van der Waals surface area contributed by atoms with E-state index in [0.717, 1.165) is 5.56 Å². The molecule has 0 aliphatic carbocycles. The fourth-order valence-electron chi connectivity index (χ4n) is 2.21. The summed E-state index contributed by atoms with van der Waals surface area (Å²) in [5, 5.41) is 6.65. The maximum atomic E-state index is 12.8. The van der Waals surface area contributed by atoms with Crippen LogP contribution in [0.1, 0.15) is 17.0 Å². The molecule has 0 atom stereocenters. The molecule has 1 aromatic heterocycles. The molecule has 0 saturated carbocycles. The smallest absolute Gasteiger partial charge is 0.289 e. The van der Waals surface area contributed by atoms with E-state index in [1.165, 1.54) is 12.1 Å². The predicted molar refractivity (Wildman–Crippen MR) is 90.8 cm³/mol. The molecule has 0 aliphatic heterocycles. The molecule has 1 N–H and O–H groups in total. The molecule has 0 spiro atoms. The number of hydrogen-bond donors (Lipinski definition) is 1. The molecule has 2 aromatic carbocycles. The van der Waals surface area contributed by atoms with Crippen LogP contribution in [0.3, 0.4) is 0 Å². The standard InChI is InChI=1S/C19H17FN2O3/c20-15-7-9-16(10-8-15)24-12-4-11-21-19(23)18-13-17(22-25-18)14-5-2-1-3-6-14/h1-3,5-10,13H,4,11-12H2,(H,21,23). The van der Waals surface area contributed by atoms with Crippen molar-refractivity contribution in [3.8, 4) is 17.0 Å². The van der Waals surface area contributed by atoms with Gasteiger partial charge in [0, 0.05) is 18.2 Å². The number of halogens is 1. The van der Waals surface area contributed by atoms with E-state index in [2.05, 4.69) is 10.5 Å². The molecule has 0 fully saturated rings. The molecule has 0 unspecified atom stereocenters. The number of benzene rings is 2.